The molecule has 0 aromatic heterocycles. The average Bonchev–Trinajstić information content (AvgIpc) is 1.79. The van der Waals surface area contributed by atoms with Crippen LogP contribution in [0.2, 0.25) is 0 Å². The number of nitrogens with zero attached hydrogens (tertiary/aromatic N) is 6. The number of hydrogen-bond acceptors (Lipinski definition) is 18. The molecule has 4 N–H and O–H groups in total. The highest BCUT2D eigenvalue weighted by Crippen LogP contribution is 2.30. The fourth-order valence-electron chi connectivity index (χ4n) is 12.5. The number of hydrogen-bond donors (Lipinski definition) is 4. The molecule has 529 valence electrons. The Morgan fingerprint density at radius 2 is 0.990 bits per heavy atom. The summed E-state index contributed by atoms with van der Waals surface area (Å²) in [5.41, 5.74) is -1.22. The summed E-state index contributed by atoms with van der Waals surface area (Å²) in [4.78, 5) is 197. The largest absolute Gasteiger partial charge is 0.467 e. The first kappa shape index (κ1) is 75.0. The summed E-state index contributed by atoms with van der Waals surface area (Å²) >= 11 is 0. The first-order valence-electron chi connectivity index (χ1n) is 33.5. The van der Waals surface area contributed by atoms with E-state index in [1.807, 2.05) is 6.29 Å². The van der Waals surface area contributed by atoms with Gasteiger partial charge in [-0.2, -0.15) is 0 Å². The Morgan fingerprint density at radius 3 is 1.45 bits per heavy atom. The number of urea groups is 2. The van der Waals surface area contributed by atoms with E-state index in [2.05, 4.69) is 26.2 Å². The predicted molar refractivity (Wildman–Crippen MR) is 358 cm³/mol. The number of carbonyl (C=O) groups excluding carboxylic acids is 13. The molecular weight excluding hydrogens is 1280 g/mol. The number of rotatable bonds is 29. The zero-order chi connectivity index (χ0) is 71.1. The molecular formula is C72H89N10O17. The van der Waals surface area contributed by atoms with Crippen LogP contribution in [0.25, 0.3) is 0 Å². The van der Waals surface area contributed by atoms with E-state index in [0.717, 1.165) is 16.9 Å². The van der Waals surface area contributed by atoms with E-state index in [-0.39, 0.29) is 84.3 Å². The van der Waals surface area contributed by atoms with Crippen LogP contribution in [0, 0.1) is 5.41 Å². The molecule has 0 bridgehead atoms. The molecule has 3 unspecified atom stereocenters. The molecule has 4 fully saturated rings. The van der Waals surface area contributed by atoms with Crippen molar-refractivity contribution in [2.24, 2.45) is 5.41 Å². The third-order valence-corrected chi connectivity index (χ3v) is 17.7. The standard InChI is InChI=1S/C72H89N10O17/c1-71(2,3)99-68(93)56-28-18-31-80(56)70(95)81(57(42-51-21-11-6-12-22-51)65(90)73-46-59(84)72(49-83,44-53-25-15-8-16-26-53)45-61(86)78-35-39-98-40-36-78)63(88)48-75-66(91)58(43-52-23-13-7-14-24-52)82(69(94)79-30-17-27-55(79)67(92)96-4)62(87)47-74-64(89)54(41-50-19-9-5-10-20-50)76-60(85)29-32-77-33-37-97-38-34-77/h5-16,19-26,54-58H,17-18,27-48H2,1-4H3,(H,73,90)(H,74,89)(H,75,91)(H,76,85)/t54-,55?,56?,57-,58-,72?/m0/s1. The second-order valence-electron chi connectivity index (χ2n) is 25.9. The molecule has 27 nitrogen and oxygen atoms in total. The fraction of sp³-hybridized carbons (Fsp3) is 0.486. The summed E-state index contributed by atoms with van der Waals surface area (Å²) in [5, 5.41) is 10.4. The Kier molecular flexibility index (Phi) is 27.4. The first-order valence-corrected chi connectivity index (χ1v) is 33.5. The molecule has 8 rings (SSSR count). The Hall–Kier alpha value is -9.73. The maximum absolute atomic E-state index is 15.6. The van der Waals surface area contributed by atoms with Gasteiger partial charge in [-0.3, -0.25) is 48.1 Å². The second kappa shape index (κ2) is 36.2. The fourth-order valence-corrected chi connectivity index (χ4v) is 12.5. The lowest BCUT2D eigenvalue weighted by molar-refractivity contribution is -0.160. The van der Waals surface area contributed by atoms with Crippen LogP contribution in [0.15, 0.2) is 121 Å². The molecule has 6 atom stereocenters. The Morgan fingerprint density at radius 1 is 0.556 bits per heavy atom. The van der Waals surface area contributed by atoms with Crippen LogP contribution in [0.1, 0.15) is 81.5 Å². The Balaban J connectivity index is 1.13. The number of imide groups is 2. The number of benzene rings is 4. The zero-order valence-corrected chi connectivity index (χ0v) is 56.5. The van der Waals surface area contributed by atoms with E-state index in [1.54, 1.807) is 142 Å². The molecule has 4 saturated heterocycles. The number of esters is 2. The topological polar surface area (TPSA) is 326 Å². The molecule has 0 aliphatic carbocycles. The van der Waals surface area contributed by atoms with Gasteiger partial charge in [-0.25, -0.2) is 29.0 Å². The van der Waals surface area contributed by atoms with Crippen LogP contribution >= 0.6 is 0 Å². The monoisotopic (exact) mass is 1370 g/mol. The predicted octanol–water partition coefficient (Wildman–Crippen LogP) is 2.50. The number of morpholine rings is 2. The summed E-state index contributed by atoms with van der Waals surface area (Å²) in [6.07, 6.45) is 0.841. The normalized spacial score (nSPS) is 17.8. The van der Waals surface area contributed by atoms with Gasteiger partial charge < -0.3 is 54.9 Å². The molecule has 1 radical (unpaired) electrons. The SMILES string of the molecule is COC(=O)C1CCCN1C(=O)N(C(=O)CNC(=O)[C@H](Cc1ccccc1)NC(=O)CCN1CCOCC1)[C@@H](Cc1ccccc1)C(=O)NCC(=O)N(C(=O)N1CCCC1C(=O)OC(C)(C)C)[C@@H](Cc1ccccc1)C(=O)NCC(=O)C([C]=O)(CC(=O)N1CCOCC1)Cc1ccccc1. The number of Topliss-reactive ketones (excluding diaryl/α,β-unsaturated/α-hetero) is 1. The van der Waals surface area contributed by atoms with Crippen molar-refractivity contribution in [3.05, 3.63) is 144 Å². The Bertz CT molecular complexity index is 3480. The van der Waals surface area contributed by atoms with E-state index >= 15 is 28.8 Å². The van der Waals surface area contributed by atoms with E-state index in [9.17, 15) is 33.6 Å². The maximum atomic E-state index is 15.6. The van der Waals surface area contributed by atoms with Crippen molar-refractivity contribution < 1.29 is 81.3 Å². The van der Waals surface area contributed by atoms with Crippen LogP contribution in [0.5, 0.6) is 0 Å². The number of nitrogens with one attached hydrogen (secondary N) is 4. The van der Waals surface area contributed by atoms with Gasteiger partial charge in [-0.05, 0) is 75.1 Å². The van der Waals surface area contributed by atoms with Gasteiger partial charge in [0.15, 0.2) is 5.78 Å². The first-order chi connectivity index (χ1) is 47.6. The second-order valence-corrected chi connectivity index (χ2v) is 25.9. The third kappa shape index (κ3) is 21.1. The summed E-state index contributed by atoms with van der Waals surface area (Å²) in [6, 6.07) is 23.8. The third-order valence-electron chi connectivity index (χ3n) is 17.7. The number of carbonyl (C=O) groups is 12. The van der Waals surface area contributed by atoms with Gasteiger partial charge in [0, 0.05) is 77.9 Å². The smallest absolute Gasteiger partial charge is 0.329 e. The van der Waals surface area contributed by atoms with E-state index < -0.39 is 151 Å². The van der Waals surface area contributed by atoms with E-state index in [1.165, 1.54) is 4.90 Å². The van der Waals surface area contributed by atoms with Gasteiger partial charge in [0.25, 0.3) is 11.8 Å². The van der Waals surface area contributed by atoms with Crippen molar-refractivity contribution in [1.82, 2.24) is 50.7 Å². The number of ether oxygens (including phenoxy) is 4. The average molecular weight is 1370 g/mol. The molecule has 99 heavy (non-hydrogen) atoms. The van der Waals surface area contributed by atoms with Gasteiger partial charge in [0.1, 0.15) is 41.2 Å². The molecule has 4 aliphatic heterocycles. The zero-order valence-electron chi connectivity index (χ0n) is 56.5. The molecule has 4 aliphatic rings. The van der Waals surface area contributed by atoms with Crippen LogP contribution < -0.4 is 21.3 Å². The Labute approximate surface area is 575 Å². The number of likely N-dealkylation sites (tertiary alicyclic amines) is 2. The van der Waals surface area contributed by atoms with Crippen molar-refractivity contribution in [2.75, 3.05) is 99.0 Å². The van der Waals surface area contributed by atoms with Crippen molar-refractivity contribution in [1.29, 1.82) is 0 Å². The highest BCUT2D eigenvalue weighted by molar-refractivity contribution is 6.07. The lowest BCUT2D eigenvalue weighted by Crippen LogP contribution is -2.62. The highest BCUT2D eigenvalue weighted by atomic mass is 16.6. The van der Waals surface area contributed by atoms with E-state index in [0.29, 0.717) is 64.9 Å². The summed E-state index contributed by atoms with van der Waals surface area (Å²) in [6.45, 7) is 5.21. The van der Waals surface area contributed by atoms with Gasteiger partial charge in [-0.1, -0.05) is 121 Å². The maximum Gasteiger partial charge on any atom is 0.329 e. The van der Waals surface area contributed by atoms with Crippen LogP contribution in [-0.2, 0) is 97.4 Å². The number of ketones is 1. The summed E-state index contributed by atoms with van der Waals surface area (Å²) in [5.74, 6) is -9.02. The van der Waals surface area contributed by atoms with Crippen molar-refractivity contribution >= 4 is 77.4 Å². The van der Waals surface area contributed by atoms with Gasteiger partial charge in [0.2, 0.25) is 35.8 Å². The minimum Gasteiger partial charge on any atom is -0.467 e. The van der Waals surface area contributed by atoms with Gasteiger partial charge in [0.05, 0.1) is 53.2 Å². The van der Waals surface area contributed by atoms with Crippen LogP contribution in [-0.4, -0.2) is 242 Å². The van der Waals surface area contributed by atoms with E-state index in [4.69, 9.17) is 18.9 Å². The van der Waals surface area contributed by atoms with Crippen molar-refractivity contribution in [3.63, 3.8) is 0 Å². The molecule has 4 heterocycles. The minimum absolute atomic E-state index is 0.00829. The number of amides is 11. The minimum atomic E-state index is -2.15. The lowest BCUT2D eigenvalue weighted by Gasteiger charge is -2.36. The van der Waals surface area contributed by atoms with Crippen molar-refractivity contribution in [3.8, 4) is 0 Å². The quantitative estimate of drug-likeness (QED) is 0.0448. The van der Waals surface area contributed by atoms with Crippen LogP contribution in [0.3, 0.4) is 0 Å². The molecule has 4 aromatic carbocycles. The van der Waals surface area contributed by atoms with Gasteiger partial charge >= 0.3 is 24.0 Å². The molecule has 0 saturated carbocycles. The van der Waals surface area contributed by atoms with Crippen molar-refractivity contribution in [2.45, 2.75) is 121 Å². The number of methoxy groups -OCH3 is 1. The summed E-state index contributed by atoms with van der Waals surface area (Å²) in [7, 11) is 1.13. The molecule has 27 heteroatoms. The molecule has 11 amide bonds. The van der Waals surface area contributed by atoms with Crippen LogP contribution in [0.4, 0.5) is 9.59 Å². The lowest BCUT2D eigenvalue weighted by atomic mass is 9.75. The van der Waals surface area contributed by atoms with Gasteiger partial charge in [-0.15, -0.1) is 0 Å². The highest BCUT2D eigenvalue weighted by Gasteiger charge is 2.48. The molecule has 0 spiro atoms. The molecule has 4 aromatic rings. The summed E-state index contributed by atoms with van der Waals surface area (Å²) < 4.78 is 21.7.